The van der Waals surface area contributed by atoms with Crippen molar-refractivity contribution in [3.05, 3.63) is 248 Å². The molecule has 124 heavy (non-hydrogen) atoms. The molecule has 0 saturated carbocycles. The lowest BCUT2D eigenvalue weighted by molar-refractivity contribution is -0.149. The fourth-order valence-electron chi connectivity index (χ4n) is 16.6. The number of methoxy groups -OCH3 is 2. The molecule has 644 valence electrons. The molecule has 0 aliphatic heterocycles. The van der Waals surface area contributed by atoms with E-state index >= 15 is 0 Å². The zero-order chi connectivity index (χ0) is 90.5. The SMILES string of the molecule is CCCCOC(=O)C(C)CC(C(C)=O)C(=O)c1ccc2c(c1)c1cc(C(=O)c3ccccc3C)ccc1n2CC.CCn1c2ccc(C(=O)c3ccc(F)cc3C)cc2c2cc(C(=O)C(CCC(=O)O)(CCC(=O)O)C(C)=O)ccc21.CCn1c2ccc(C(=O)c3ccc(F)cc3C)cc2c2cc(C(=O)C(CCC(=O)OC)(CCC(=O)OC)C(C)=O)ccc21. The maximum Gasteiger partial charge on any atom is 0.308 e. The molecule has 0 aliphatic rings. The highest BCUT2D eigenvalue weighted by Crippen LogP contribution is 2.42. The van der Waals surface area contributed by atoms with Crippen molar-refractivity contribution >= 4 is 147 Å². The summed E-state index contributed by atoms with van der Waals surface area (Å²) >= 11 is 0. The summed E-state index contributed by atoms with van der Waals surface area (Å²) in [6.07, 6.45) is -0.446. The third kappa shape index (κ3) is 19.7. The number of carbonyl (C=O) groups is 14. The van der Waals surface area contributed by atoms with Crippen molar-refractivity contribution in [1.29, 1.82) is 0 Å². The third-order valence-electron chi connectivity index (χ3n) is 23.7. The van der Waals surface area contributed by atoms with Gasteiger partial charge in [-0.05, 0) is 263 Å². The van der Waals surface area contributed by atoms with E-state index in [0.29, 0.717) is 92.5 Å². The van der Waals surface area contributed by atoms with E-state index in [0.717, 1.165) is 67.7 Å². The smallest absolute Gasteiger partial charge is 0.308 e. The van der Waals surface area contributed by atoms with Gasteiger partial charge in [-0.3, -0.25) is 67.1 Å². The molecule has 0 spiro atoms. The van der Waals surface area contributed by atoms with Gasteiger partial charge in [0.1, 0.15) is 29.0 Å². The van der Waals surface area contributed by atoms with Gasteiger partial charge in [0.15, 0.2) is 34.7 Å². The van der Waals surface area contributed by atoms with Gasteiger partial charge in [0.25, 0.3) is 0 Å². The summed E-state index contributed by atoms with van der Waals surface area (Å²) in [5.41, 5.74) is 7.21. The molecule has 0 radical (unpaired) electrons. The van der Waals surface area contributed by atoms with Gasteiger partial charge in [0.2, 0.25) is 0 Å². The van der Waals surface area contributed by atoms with Crippen LogP contribution in [0, 0.1) is 55.1 Å². The van der Waals surface area contributed by atoms with E-state index in [2.05, 4.69) is 16.1 Å². The first-order valence-electron chi connectivity index (χ1n) is 41.3. The Morgan fingerprint density at radius 1 is 0.403 bits per heavy atom. The van der Waals surface area contributed by atoms with Crippen molar-refractivity contribution in [1.82, 2.24) is 13.7 Å². The number of aryl methyl sites for hydroxylation is 6. The Balaban J connectivity index is 0.000000195. The second-order valence-corrected chi connectivity index (χ2v) is 31.4. The molecule has 24 heteroatoms. The average molecular weight is 1690 g/mol. The maximum absolute atomic E-state index is 14.2. The Morgan fingerprint density at radius 2 is 0.726 bits per heavy atom. The Kier molecular flexibility index (Phi) is 30.0. The predicted molar refractivity (Wildman–Crippen MR) is 468 cm³/mol. The molecule has 2 atom stereocenters. The molecular weight excluding hydrogens is 1590 g/mol. The number of halogens is 2. The Hall–Kier alpha value is -13.4. The van der Waals surface area contributed by atoms with Crippen LogP contribution in [-0.2, 0) is 72.2 Å². The zero-order valence-corrected chi connectivity index (χ0v) is 71.9. The van der Waals surface area contributed by atoms with E-state index in [1.807, 2.05) is 99.0 Å². The number of carbonyl (C=O) groups excluding carboxylic acids is 12. The maximum atomic E-state index is 14.2. The van der Waals surface area contributed by atoms with Crippen LogP contribution in [0.2, 0.25) is 0 Å². The number of fused-ring (bicyclic) bond motifs is 9. The number of rotatable bonds is 36. The van der Waals surface area contributed by atoms with Gasteiger partial charge < -0.3 is 38.1 Å². The highest BCUT2D eigenvalue weighted by molar-refractivity contribution is 6.22. The zero-order valence-electron chi connectivity index (χ0n) is 71.9. The van der Waals surface area contributed by atoms with Gasteiger partial charge in [-0.25, -0.2) is 8.78 Å². The number of carboxylic acid groups (broad SMARTS) is 2. The van der Waals surface area contributed by atoms with Crippen LogP contribution in [0.4, 0.5) is 8.78 Å². The Labute approximate surface area is 715 Å². The largest absolute Gasteiger partial charge is 0.481 e. The summed E-state index contributed by atoms with van der Waals surface area (Å²) < 4.78 is 48.3. The van der Waals surface area contributed by atoms with E-state index in [1.54, 1.807) is 87.5 Å². The van der Waals surface area contributed by atoms with Crippen molar-refractivity contribution in [3.8, 4) is 0 Å². The first-order chi connectivity index (χ1) is 59.0. The molecule has 0 saturated heterocycles. The second kappa shape index (κ2) is 40.1. The van der Waals surface area contributed by atoms with Crippen LogP contribution in [-0.4, -0.2) is 127 Å². The van der Waals surface area contributed by atoms with Gasteiger partial charge in [-0.2, -0.15) is 0 Å². The molecular formula is C100H101F2N3O19. The van der Waals surface area contributed by atoms with Gasteiger partial charge >= 0.3 is 29.8 Å². The van der Waals surface area contributed by atoms with Crippen LogP contribution in [0.5, 0.6) is 0 Å². The third-order valence-corrected chi connectivity index (χ3v) is 23.7. The van der Waals surface area contributed by atoms with Crippen LogP contribution < -0.4 is 0 Å². The highest BCUT2D eigenvalue weighted by Gasteiger charge is 2.46. The van der Waals surface area contributed by atoms with Crippen LogP contribution in [0.1, 0.15) is 222 Å². The number of aromatic nitrogens is 3. The predicted octanol–water partition coefficient (Wildman–Crippen LogP) is 19.2. The van der Waals surface area contributed by atoms with Crippen molar-refractivity contribution < 1.29 is 100 Å². The minimum Gasteiger partial charge on any atom is -0.481 e. The molecule has 12 rings (SSSR count). The Bertz CT molecular complexity index is 6250. The first-order valence-corrected chi connectivity index (χ1v) is 41.3. The van der Waals surface area contributed by atoms with Crippen LogP contribution in [0.15, 0.2) is 170 Å². The quantitative estimate of drug-likeness (QED) is 0.0121. The molecule has 3 heterocycles. The lowest BCUT2D eigenvalue weighted by atomic mass is 9.70. The summed E-state index contributed by atoms with van der Waals surface area (Å²) in [6.45, 7) is 21.1. The topological polar surface area (TPSA) is 322 Å². The fourth-order valence-corrected chi connectivity index (χ4v) is 16.6. The number of hydrogen-bond acceptors (Lipinski definition) is 17. The second-order valence-electron chi connectivity index (χ2n) is 31.4. The summed E-state index contributed by atoms with van der Waals surface area (Å²) in [5.74, 6) is -9.72. The number of esters is 3. The summed E-state index contributed by atoms with van der Waals surface area (Å²) in [5, 5.41) is 23.0. The number of nitrogens with zero attached hydrogens (tertiary/aromatic N) is 3. The normalized spacial score (nSPS) is 12.0. The molecule has 2 N–H and O–H groups in total. The number of benzene rings is 9. The van der Waals surface area contributed by atoms with E-state index < -0.39 is 94.2 Å². The van der Waals surface area contributed by atoms with Crippen LogP contribution >= 0.6 is 0 Å². The molecule has 0 fully saturated rings. The molecule has 0 bridgehead atoms. The minimum absolute atomic E-state index is 0.0546. The van der Waals surface area contributed by atoms with E-state index in [1.165, 1.54) is 71.4 Å². The van der Waals surface area contributed by atoms with Crippen LogP contribution in [0.25, 0.3) is 65.4 Å². The average Bonchev–Trinajstić information content (AvgIpc) is 1.60. The molecule has 0 aliphatic carbocycles. The van der Waals surface area contributed by atoms with Crippen LogP contribution in [0.3, 0.4) is 0 Å². The monoisotopic (exact) mass is 1690 g/mol. The van der Waals surface area contributed by atoms with Gasteiger partial charge in [-0.15, -0.1) is 0 Å². The Morgan fingerprint density at radius 3 is 1.04 bits per heavy atom. The van der Waals surface area contributed by atoms with E-state index in [4.69, 9.17) is 14.2 Å². The van der Waals surface area contributed by atoms with Crippen molar-refractivity contribution in [2.45, 2.75) is 166 Å². The fraction of sp³-hybridized carbons (Fsp3) is 0.320. The van der Waals surface area contributed by atoms with Gasteiger partial charge in [0, 0.05) is 161 Å². The summed E-state index contributed by atoms with van der Waals surface area (Å²) in [6, 6.07) is 47.3. The van der Waals surface area contributed by atoms with Crippen molar-refractivity contribution in [3.63, 3.8) is 0 Å². The number of ketones is 9. The lowest BCUT2D eigenvalue weighted by Crippen LogP contribution is -2.39. The number of aliphatic carboxylic acids is 2. The molecule has 22 nitrogen and oxygen atoms in total. The molecule has 2 unspecified atom stereocenters. The molecule has 3 aromatic heterocycles. The number of hydrogen-bond donors (Lipinski definition) is 2. The lowest BCUT2D eigenvalue weighted by Gasteiger charge is -2.29. The number of ether oxygens (including phenoxy) is 3. The molecule has 12 aromatic rings. The number of Topliss-reactive ketones (excluding diaryl/α,β-unsaturated/α-hetero) is 6. The summed E-state index contributed by atoms with van der Waals surface area (Å²) in [4.78, 5) is 180. The summed E-state index contributed by atoms with van der Waals surface area (Å²) in [7, 11) is 2.45. The molecule has 9 aromatic carbocycles. The van der Waals surface area contributed by atoms with Gasteiger partial charge in [-0.1, -0.05) is 44.5 Å². The van der Waals surface area contributed by atoms with E-state index in [-0.39, 0.29) is 91.0 Å². The number of carboxylic acids is 2. The number of unbranched alkanes of at least 4 members (excludes halogenated alkanes) is 1. The molecule has 0 amide bonds. The van der Waals surface area contributed by atoms with Crippen molar-refractivity contribution in [2.75, 3.05) is 20.8 Å². The van der Waals surface area contributed by atoms with Gasteiger partial charge in [0.05, 0.1) is 43.5 Å². The van der Waals surface area contributed by atoms with Crippen molar-refractivity contribution in [2.24, 2.45) is 22.7 Å². The minimum atomic E-state index is -1.81. The van der Waals surface area contributed by atoms with E-state index in [9.17, 15) is 86.1 Å². The highest BCUT2D eigenvalue weighted by atomic mass is 19.1. The first kappa shape index (κ1) is 92.9. The standard InChI is InChI=1S/C34H34FNO7.C34H37NO5.C32H30FNO7/c1-6-36-28-11-7-22(32(40)25-10-9-24(35)17-20(25)2)18-26(28)27-19-23(8-12-29(27)36)33(41)34(21(3)37,15-13-30(38)42-4)16-14-31(39)43-5;1-6-8-17-40-34(39)22(4)18-27(23(5)36)33(38)25-14-16-31-29(20-25)28-19-24(13-15-30(28)35(31)7-2)32(37)26-12-10-9-11-21(26)3;1-4-34-26-9-5-20(30(40)23-8-7-22(33)15-18(23)2)16-24(26)25-17-21(6-10-27(25)34)31(41)32(19(3)35,13-11-28(36)37)14-12-29(38)39/h7-12,17-19H,6,13-16H2,1-5H3;9-16,19-20,22,27H,6-8,17-18H2,1-5H3;5-10,15-17H,4,11-14H2,1-3H3,(H,36,37)(H,38,39).